The first-order chi connectivity index (χ1) is 44.0. The summed E-state index contributed by atoms with van der Waals surface area (Å²) < 4.78 is 68.3. The highest BCUT2D eigenvalue weighted by atomic mass is 31.2. The molecule has 0 saturated heterocycles. The Morgan fingerprint density at radius 1 is 0.297 bits per heavy atom. The van der Waals surface area contributed by atoms with Crippen LogP contribution < -0.4 is 0 Å². The molecule has 91 heavy (non-hydrogen) atoms. The highest BCUT2D eigenvalue weighted by Crippen LogP contribution is 2.45. The van der Waals surface area contributed by atoms with E-state index in [9.17, 15) is 43.2 Å². The average Bonchev–Trinajstić information content (AvgIpc) is 3.72. The van der Waals surface area contributed by atoms with Crippen LogP contribution in [0, 0.1) is 5.92 Å². The average molecular weight is 1340 g/mol. The van der Waals surface area contributed by atoms with E-state index in [0.29, 0.717) is 25.7 Å². The van der Waals surface area contributed by atoms with Crippen LogP contribution in [0.2, 0.25) is 0 Å². The van der Waals surface area contributed by atoms with Crippen LogP contribution in [0.25, 0.3) is 0 Å². The Kier molecular flexibility index (Phi) is 64.0. The van der Waals surface area contributed by atoms with E-state index in [2.05, 4.69) is 34.6 Å². The molecule has 2 unspecified atom stereocenters. The van der Waals surface area contributed by atoms with Crippen LogP contribution in [-0.4, -0.2) is 96.7 Å². The van der Waals surface area contributed by atoms with Crippen molar-refractivity contribution in [1.29, 1.82) is 0 Å². The Morgan fingerprint density at radius 3 is 0.747 bits per heavy atom. The normalized spacial score (nSPS) is 14.0. The maximum Gasteiger partial charge on any atom is 0.472 e. The Bertz CT molecular complexity index is 1750. The fraction of sp³-hybridized carbons (Fsp3) is 0.944. The molecule has 0 aromatic carbocycles. The smallest absolute Gasteiger partial charge is 0.462 e. The quantitative estimate of drug-likeness (QED) is 0.0222. The number of carbonyl (C=O) groups is 4. The van der Waals surface area contributed by atoms with Crippen molar-refractivity contribution in [1.82, 2.24) is 0 Å². The molecule has 0 amide bonds. The van der Waals surface area contributed by atoms with Crippen molar-refractivity contribution in [3.05, 3.63) is 0 Å². The second-order valence-corrected chi connectivity index (χ2v) is 29.4. The zero-order chi connectivity index (χ0) is 67.0. The first kappa shape index (κ1) is 89.1. The number of carbonyl (C=O) groups excluding carboxylic acids is 4. The number of aliphatic hydroxyl groups excluding tert-OH is 1. The molecule has 0 saturated carbocycles. The largest absolute Gasteiger partial charge is 0.472 e. The van der Waals surface area contributed by atoms with Gasteiger partial charge in [0, 0.05) is 25.7 Å². The van der Waals surface area contributed by atoms with Gasteiger partial charge in [-0.15, -0.1) is 0 Å². The number of hydrogen-bond donors (Lipinski definition) is 3. The summed E-state index contributed by atoms with van der Waals surface area (Å²) in [4.78, 5) is 72.5. The van der Waals surface area contributed by atoms with Gasteiger partial charge in [-0.3, -0.25) is 37.3 Å². The number of ether oxygens (including phenoxy) is 4. The molecule has 540 valence electrons. The minimum atomic E-state index is -4.95. The SMILES string of the molecule is CCCCCCCCCCCCCCCCCCCCC(=O)O[C@H](COC(=O)CCCCCCCCCCCCCCC(C)C)COP(=O)(O)OC[C@@H](O)COP(=O)(O)OC[C@@H](COC(=O)CCCCCCCCCCC)OC(=O)CCCCCCCCCCC. The van der Waals surface area contributed by atoms with Gasteiger partial charge in [-0.1, -0.05) is 324 Å². The predicted octanol–water partition coefficient (Wildman–Crippen LogP) is 20.9. The number of phosphoric ester groups is 2. The molecule has 0 fully saturated rings. The number of rotatable bonds is 72. The molecule has 3 N–H and O–H groups in total. The van der Waals surface area contributed by atoms with Crippen LogP contribution in [0.5, 0.6) is 0 Å². The topological polar surface area (TPSA) is 237 Å². The van der Waals surface area contributed by atoms with E-state index in [1.54, 1.807) is 0 Å². The molecule has 0 spiro atoms. The third-order valence-corrected chi connectivity index (χ3v) is 18.7. The standard InChI is InChI=1S/C72H140O17P2/c1-6-9-12-15-18-21-22-23-24-25-26-27-28-33-38-43-48-53-58-72(77)89-68(62-83-70(75)56-51-46-41-37-32-30-29-31-36-39-44-49-54-65(4)5)64-87-91(80,81)85-60-66(73)59-84-90(78,79)86-63-67(88-71(76)57-52-47-42-35-20-17-14-11-8-3)61-82-69(74)55-50-45-40-34-19-16-13-10-7-2/h65-68,73H,6-64H2,1-5H3,(H,78,79)(H,80,81)/t66-,67+,68+/m0/s1. The van der Waals surface area contributed by atoms with Crippen molar-refractivity contribution in [2.24, 2.45) is 5.92 Å². The van der Waals surface area contributed by atoms with Gasteiger partial charge in [0.25, 0.3) is 0 Å². The predicted molar refractivity (Wildman–Crippen MR) is 368 cm³/mol. The van der Waals surface area contributed by atoms with Crippen LogP contribution >= 0.6 is 15.6 Å². The number of aliphatic hydroxyl groups is 1. The third-order valence-electron chi connectivity index (χ3n) is 16.8. The zero-order valence-corrected chi connectivity index (χ0v) is 60.8. The van der Waals surface area contributed by atoms with Gasteiger partial charge < -0.3 is 33.8 Å². The maximum atomic E-state index is 13.0. The summed E-state index contributed by atoms with van der Waals surface area (Å²) in [5, 5.41) is 10.6. The van der Waals surface area contributed by atoms with Crippen molar-refractivity contribution >= 4 is 39.5 Å². The van der Waals surface area contributed by atoms with Gasteiger partial charge in [0.2, 0.25) is 0 Å². The summed E-state index contributed by atoms with van der Waals surface area (Å²) in [5.41, 5.74) is 0. The Balaban J connectivity index is 5.20. The molecule has 0 aliphatic heterocycles. The molecular formula is C72H140O17P2. The molecule has 19 heteroatoms. The summed E-state index contributed by atoms with van der Waals surface area (Å²) >= 11 is 0. The highest BCUT2D eigenvalue weighted by Gasteiger charge is 2.30. The molecule has 0 aliphatic rings. The van der Waals surface area contributed by atoms with E-state index in [0.717, 1.165) is 95.8 Å². The van der Waals surface area contributed by atoms with Gasteiger partial charge in [-0.2, -0.15) is 0 Å². The number of esters is 4. The molecule has 17 nitrogen and oxygen atoms in total. The van der Waals surface area contributed by atoms with E-state index >= 15 is 0 Å². The Hall–Kier alpha value is -1.94. The minimum absolute atomic E-state index is 0.106. The van der Waals surface area contributed by atoms with Gasteiger partial charge in [-0.25, -0.2) is 9.13 Å². The van der Waals surface area contributed by atoms with Gasteiger partial charge >= 0.3 is 39.5 Å². The van der Waals surface area contributed by atoms with Gasteiger partial charge in [0.15, 0.2) is 12.2 Å². The summed E-state index contributed by atoms with van der Waals surface area (Å²) in [6, 6.07) is 0. The van der Waals surface area contributed by atoms with E-state index in [4.69, 9.17) is 37.0 Å². The first-order valence-corrected chi connectivity index (χ1v) is 40.6. The molecule has 0 bridgehead atoms. The Labute approximate surface area is 556 Å². The van der Waals surface area contributed by atoms with Crippen molar-refractivity contribution in [3.63, 3.8) is 0 Å². The van der Waals surface area contributed by atoms with Crippen LogP contribution in [-0.2, 0) is 65.4 Å². The number of unbranched alkanes of at least 4 members (excludes halogenated alkanes) is 44. The van der Waals surface area contributed by atoms with Gasteiger partial charge in [0.05, 0.1) is 26.4 Å². The lowest BCUT2D eigenvalue weighted by Crippen LogP contribution is -2.30. The van der Waals surface area contributed by atoms with Crippen LogP contribution in [0.1, 0.15) is 375 Å². The fourth-order valence-electron chi connectivity index (χ4n) is 11.0. The molecule has 0 rings (SSSR count). The maximum absolute atomic E-state index is 13.0. The lowest BCUT2D eigenvalue weighted by molar-refractivity contribution is -0.161. The van der Waals surface area contributed by atoms with Crippen molar-refractivity contribution < 1.29 is 80.2 Å². The summed E-state index contributed by atoms with van der Waals surface area (Å²) in [6.07, 6.45) is 52.7. The summed E-state index contributed by atoms with van der Waals surface area (Å²) in [7, 11) is -9.90. The third kappa shape index (κ3) is 66.5. The lowest BCUT2D eigenvalue weighted by atomic mass is 10.0. The fourth-order valence-corrected chi connectivity index (χ4v) is 12.6. The molecule has 0 aromatic heterocycles. The van der Waals surface area contributed by atoms with E-state index in [-0.39, 0.29) is 25.7 Å². The summed E-state index contributed by atoms with van der Waals surface area (Å²) in [5.74, 6) is -1.34. The molecule has 0 aromatic rings. The van der Waals surface area contributed by atoms with E-state index in [1.165, 1.54) is 199 Å². The number of hydrogen-bond acceptors (Lipinski definition) is 15. The summed E-state index contributed by atoms with van der Waals surface area (Å²) in [6.45, 7) is 7.24. The molecule has 0 aliphatic carbocycles. The van der Waals surface area contributed by atoms with Crippen molar-refractivity contribution in [2.45, 2.75) is 393 Å². The molecule has 0 heterocycles. The second-order valence-electron chi connectivity index (χ2n) is 26.5. The van der Waals surface area contributed by atoms with Gasteiger partial charge in [0.1, 0.15) is 19.3 Å². The molecular weight excluding hydrogens is 1200 g/mol. The van der Waals surface area contributed by atoms with Crippen molar-refractivity contribution in [2.75, 3.05) is 39.6 Å². The lowest BCUT2D eigenvalue weighted by Gasteiger charge is -2.21. The monoisotopic (exact) mass is 1340 g/mol. The van der Waals surface area contributed by atoms with Crippen LogP contribution in [0.4, 0.5) is 0 Å². The minimum Gasteiger partial charge on any atom is -0.462 e. The van der Waals surface area contributed by atoms with Crippen LogP contribution in [0.3, 0.4) is 0 Å². The number of phosphoric acid groups is 2. The zero-order valence-electron chi connectivity index (χ0n) is 59.0. The van der Waals surface area contributed by atoms with E-state index in [1.807, 2.05) is 0 Å². The highest BCUT2D eigenvalue weighted by molar-refractivity contribution is 7.47. The van der Waals surface area contributed by atoms with Crippen molar-refractivity contribution in [3.8, 4) is 0 Å². The van der Waals surface area contributed by atoms with E-state index < -0.39 is 97.5 Å². The molecule has 0 radical (unpaired) electrons. The Morgan fingerprint density at radius 2 is 0.505 bits per heavy atom. The first-order valence-electron chi connectivity index (χ1n) is 37.6. The molecule has 5 atom stereocenters. The van der Waals surface area contributed by atoms with Gasteiger partial charge in [-0.05, 0) is 31.6 Å². The van der Waals surface area contributed by atoms with Crippen LogP contribution in [0.15, 0.2) is 0 Å². The second kappa shape index (κ2) is 65.4.